The third kappa shape index (κ3) is 6.29. The summed E-state index contributed by atoms with van der Waals surface area (Å²) in [4.78, 5) is 35.2. The zero-order chi connectivity index (χ0) is 30.2. The van der Waals surface area contributed by atoms with Crippen molar-refractivity contribution in [3.8, 4) is 23.2 Å². The summed E-state index contributed by atoms with van der Waals surface area (Å²) in [5, 5.41) is 22.9. The van der Waals surface area contributed by atoms with Crippen molar-refractivity contribution in [2.24, 2.45) is 0 Å². The summed E-state index contributed by atoms with van der Waals surface area (Å²) in [6, 6.07) is 20.1. The zero-order valence-electron chi connectivity index (χ0n) is 24.2. The van der Waals surface area contributed by atoms with Gasteiger partial charge in [0.25, 0.3) is 11.5 Å². The lowest BCUT2D eigenvalue weighted by atomic mass is 10.1. The summed E-state index contributed by atoms with van der Waals surface area (Å²) in [7, 11) is 1.38. The van der Waals surface area contributed by atoms with Crippen LogP contribution >= 0.6 is 11.3 Å². The fraction of sp³-hybridized carbons (Fsp3) is 0.273. The van der Waals surface area contributed by atoms with Crippen molar-refractivity contribution in [1.29, 1.82) is 5.26 Å². The molecule has 0 bridgehead atoms. The van der Waals surface area contributed by atoms with Crippen LogP contribution in [-0.2, 0) is 0 Å². The number of unbranched alkanes of at least 4 members (excludes halogenated alkanes) is 2. The summed E-state index contributed by atoms with van der Waals surface area (Å²) >= 11 is 1.47. The van der Waals surface area contributed by atoms with Crippen molar-refractivity contribution in [1.82, 2.24) is 9.66 Å². The smallest absolute Gasteiger partial charge is 0.280 e. The lowest BCUT2D eigenvalue weighted by Crippen LogP contribution is -2.53. The minimum atomic E-state index is -0.675. The maximum Gasteiger partial charge on any atom is 0.280 e. The molecule has 0 atom stereocenters. The summed E-state index contributed by atoms with van der Waals surface area (Å²) in [6.07, 6.45) is 5.85. The Balaban J connectivity index is 1.95. The average molecular weight is 582 g/mol. The Bertz CT molecular complexity index is 1750. The molecule has 4 rings (SSSR count). The number of rotatable bonds is 11. The molecule has 1 N–H and O–H groups in total. The normalized spacial score (nSPS) is 11.3. The Kier molecular flexibility index (Phi) is 9.94. The Morgan fingerprint density at radius 3 is 2.24 bits per heavy atom. The number of carbonyl (C=O) groups excluding carboxylic acids is 1. The van der Waals surface area contributed by atoms with E-state index < -0.39 is 17.3 Å². The number of aromatic nitrogens is 2. The molecular weight excluding hydrogens is 546 g/mol. The molecule has 216 valence electrons. The highest BCUT2D eigenvalue weighted by Gasteiger charge is 2.22. The minimum Gasteiger partial charge on any atom is -0.492 e. The van der Waals surface area contributed by atoms with Gasteiger partial charge in [0.15, 0.2) is 5.13 Å². The molecule has 0 aliphatic rings. The SMILES string of the molecule is C=c1c(C#N)c(O)n(N(C)C(=O)c2ccccc2)c(=O)/c1=C\c1sc(N(CCCC)CCCC)nc1-c1ccccc1. The average Bonchev–Trinajstić information content (AvgIpc) is 3.43. The fourth-order valence-corrected chi connectivity index (χ4v) is 5.69. The van der Waals surface area contributed by atoms with Gasteiger partial charge in [-0.25, -0.2) is 9.99 Å². The van der Waals surface area contributed by atoms with Gasteiger partial charge in [-0.1, -0.05) is 93.1 Å². The molecule has 0 saturated heterocycles. The molecule has 2 aromatic carbocycles. The van der Waals surface area contributed by atoms with Crippen LogP contribution in [0.3, 0.4) is 0 Å². The first-order valence-electron chi connectivity index (χ1n) is 14.1. The zero-order valence-corrected chi connectivity index (χ0v) is 25.0. The van der Waals surface area contributed by atoms with Crippen LogP contribution in [0.1, 0.15) is 60.3 Å². The second kappa shape index (κ2) is 13.8. The largest absolute Gasteiger partial charge is 0.492 e. The van der Waals surface area contributed by atoms with E-state index in [1.54, 1.807) is 36.4 Å². The van der Waals surface area contributed by atoms with Gasteiger partial charge >= 0.3 is 0 Å². The van der Waals surface area contributed by atoms with E-state index in [2.05, 4.69) is 25.3 Å². The molecule has 0 unspecified atom stereocenters. The highest BCUT2D eigenvalue weighted by molar-refractivity contribution is 7.16. The second-order valence-corrected chi connectivity index (χ2v) is 10.9. The molecule has 0 aliphatic heterocycles. The quantitative estimate of drug-likeness (QED) is 0.278. The molecule has 42 heavy (non-hydrogen) atoms. The summed E-state index contributed by atoms with van der Waals surface area (Å²) in [6.45, 7) is 10.0. The van der Waals surface area contributed by atoms with Crippen LogP contribution in [0.2, 0.25) is 0 Å². The first-order chi connectivity index (χ1) is 20.3. The highest BCUT2D eigenvalue weighted by atomic mass is 32.1. The number of hydrogen-bond acceptors (Lipinski definition) is 7. The first kappa shape index (κ1) is 30.3. The van der Waals surface area contributed by atoms with E-state index in [1.165, 1.54) is 18.4 Å². The summed E-state index contributed by atoms with van der Waals surface area (Å²) in [5.74, 6) is -1.16. The van der Waals surface area contributed by atoms with E-state index in [1.807, 2.05) is 36.4 Å². The van der Waals surface area contributed by atoms with Crippen molar-refractivity contribution < 1.29 is 9.90 Å². The van der Waals surface area contributed by atoms with Crippen LogP contribution in [0.4, 0.5) is 5.13 Å². The Labute approximate surface area is 249 Å². The van der Waals surface area contributed by atoms with Crippen LogP contribution in [0, 0.1) is 11.3 Å². The van der Waals surface area contributed by atoms with Crippen LogP contribution < -0.4 is 25.9 Å². The molecule has 2 aromatic heterocycles. The van der Waals surface area contributed by atoms with Gasteiger partial charge in [-0.2, -0.15) is 9.94 Å². The topological polar surface area (TPSA) is 102 Å². The molecule has 0 aliphatic carbocycles. The molecule has 0 fully saturated rings. The predicted octanol–water partition coefficient (Wildman–Crippen LogP) is 4.60. The van der Waals surface area contributed by atoms with E-state index in [-0.39, 0.29) is 16.0 Å². The molecule has 0 saturated carbocycles. The number of benzene rings is 2. The van der Waals surface area contributed by atoms with Crippen LogP contribution in [0.25, 0.3) is 23.9 Å². The summed E-state index contributed by atoms with van der Waals surface area (Å²) < 4.78 is 0.827. The summed E-state index contributed by atoms with van der Waals surface area (Å²) in [5.41, 5.74) is 1.06. The number of pyridine rings is 1. The number of anilines is 1. The predicted molar refractivity (Wildman–Crippen MR) is 170 cm³/mol. The van der Waals surface area contributed by atoms with Crippen molar-refractivity contribution in [3.05, 3.63) is 97.5 Å². The van der Waals surface area contributed by atoms with Gasteiger partial charge in [0, 0.05) is 36.5 Å². The van der Waals surface area contributed by atoms with Gasteiger partial charge in [-0.3, -0.25) is 9.59 Å². The van der Waals surface area contributed by atoms with E-state index in [9.17, 15) is 20.0 Å². The van der Waals surface area contributed by atoms with E-state index in [4.69, 9.17) is 4.98 Å². The number of amides is 1. The Morgan fingerprint density at radius 2 is 1.67 bits per heavy atom. The molecular formula is C33H35N5O3S. The van der Waals surface area contributed by atoms with Gasteiger partial charge in [-0.05, 0) is 31.1 Å². The van der Waals surface area contributed by atoms with Crippen molar-refractivity contribution in [3.63, 3.8) is 0 Å². The third-order valence-corrected chi connectivity index (χ3v) is 8.06. The molecule has 4 aromatic rings. The lowest BCUT2D eigenvalue weighted by molar-refractivity contribution is 0.0961. The molecule has 1 amide bonds. The van der Waals surface area contributed by atoms with Gasteiger partial charge in [0.1, 0.15) is 11.6 Å². The van der Waals surface area contributed by atoms with E-state index >= 15 is 0 Å². The Morgan fingerprint density at radius 1 is 1.07 bits per heavy atom. The molecule has 8 nitrogen and oxygen atoms in total. The van der Waals surface area contributed by atoms with Crippen LogP contribution in [-0.4, -0.2) is 40.8 Å². The number of nitrogens with zero attached hydrogens (tertiary/aromatic N) is 5. The number of carbonyl (C=O) groups is 1. The van der Waals surface area contributed by atoms with E-state index in [0.29, 0.717) is 11.3 Å². The van der Waals surface area contributed by atoms with Gasteiger partial charge < -0.3 is 10.0 Å². The third-order valence-electron chi connectivity index (χ3n) is 7.00. The van der Waals surface area contributed by atoms with Crippen LogP contribution in [0.15, 0.2) is 65.5 Å². The Hall–Kier alpha value is -4.68. The molecule has 0 spiro atoms. The number of thiazole rings is 1. The fourth-order valence-electron chi connectivity index (χ4n) is 4.61. The van der Waals surface area contributed by atoms with Crippen molar-refractivity contribution in [2.45, 2.75) is 39.5 Å². The standard InChI is InChI=1S/C33H35N5O3S/c1-5-7-19-37(20-8-6-2)33-35-29(24-15-11-9-12-16-24)28(42-33)21-26-23(3)27(22-34)32(41)38(31(26)40)36(4)30(39)25-17-13-10-14-18-25/h9-18,21,41H,3,5-8,19-20H2,1-2,4H3/b26-21-. The van der Waals surface area contributed by atoms with Gasteiger partial charge in [0.2, 0.25) is 5.88 Å². The lowest BCUT2D eigenvalue weighted by Gasteiger charge is -2.21. The number of nitriles is 1. The van der Waals surface area contributed by atoms with Crippen molar-refractivity contribution in [2.75, 3.05) is 30.0 Å². The number of hydrogen-bond donors (Lipinski definition) is 1. The van der Waals surface area contributed by atoms with Crippen LogP contribution in [0.5, 0.6) is 5.88 Å². The highest BCUT2D eigenvalue weighted by Crippen LogP contribution is 2.34. The van der Waals surface area contributed by atoms with Gasteiger partial charge in [0.05, 0.1) is 15.8 Å². The van der Waals surface area contributed by atoms with E-state index in [0.717, 1.165) is 64.0 Å². The van der Waals surface area contributed by atoms with Crippen molar-refractivity contribution >= 4 is 35.0 Å². The monoisotopic (exact) mass is 581 g/mol. The molecule has 2 heterocycles. The minimum absolute atomic E-state index is 0.0830. The number of aromatic hydroxyl groups is 1. The molecule has 0 radical (unpaired) electrons. The van der Waals surface area contributed by atoms with Gasteiger partial charge in [-0.15, -0.1) is 0 Å². The first-order valence-corrected chi connectivity index (χ1v) is 14.9. The second-order valence-electron chi connectivity index (χ2n) is 9.93. The molecule has 9 heteroatoms. The maximum absolute atomic E-state index is 13.9. The maximum atomic E-state index is 13.9.